The predicted molar refractivity (Wildman–Crippen MR) is 130 cm³/mol. The maximum atomic E-state index is 13.0. The highest BCUT2D eigenvalue weighted by Crippen LogP contribution is 2.25. The van der Waals surface area contributed by atoms with Crippen molar-refractivity contribution in [2.45, 2.75) is 6.10 Å². The van der Waals surface area contributed by atoms with Crippen LogP contribution in [0.5, 0.6) is 17.2 Å². The van der Waals surface area contributed by atoms with Crippen molar-refractivity contribution in [1.29, 1.82) is 0 Å². The van der Waals surface area contributed by atoms with Gasteiger partial charge in [-0.15, -0.1) is 0 Å². The Bertz CT molecular complexity index is 1310. The molecule has 1 fully saturated rings. The van der Waals surface area contributed by atoms with Crippen LogP contribution in [0.25, 0.3) is 11.1 Å². The van der Waals surface area contributed by atoms with Crippen LogP contribution in [0.3, 0.4) is 0 Å². The lowest BCUT2D eigenvalue weighted by molar-refractivity contribution is 0.0663. The average molecular weight is 480 g/mol. The third-order valence-corrected chi connectivity index (χ3v) is 5.93. The number of hydrogen-bond donors (Lipinski definition) is 2. The molecule has 2 N–H and O–H groups in total. The van der Waals surface area contributed by atoms with Gasteiger partial charge in [0.2, 0.25) is 0 Å². The molecule has 182 valence electrons. The Hall–Kier alpha value is -3.82. The molecular weight excluding hydrogens is 453 g/mol. The Kier molecular flexibility index (Phi) is 6.69. The molecular formula is C26H26FN3O5. The first kappa shape index (κ1) is 22.9. The van der Waals surface area contributed by atoms with Crippen LogP contribution in [0.4, 0.5) is 10.1 Å². The molecule has 0 spiro atoms. The van der Waals surface area contributed by atoms with Crippen molar-refractivity contribution < 1.29 is 23.4 Å². The fourth-order valence-corrected chi connectivity index (χ4v) is 4.11. The lowest BCUT2D eigenvalue weighted by atomic mass is 10.2. The van der Waals surface area contributed by atoms with E-state index in [2.05, 4.69) is 14.8 Å². The Morgan fingerprint density at radius 1 is 0.943 bits per heavy atom. The molecule has 0 amide bonds. The van der Waals surface area contributed by atoms with Crippen molar-refractivity contribution in [2.24, 2.45) is 0 Å². The van der Waals surface area contributed by atoms with E-state index in [1.165, 1.54) is 12.1 Å². The van der Waals surface area contributed by atoms with Gasteiger partial charge < -0.3 is 23.9 Å². The van der Waals surface area contributed by atoms with Crippen molar-refractivity contribution in [2.75, 3.05) is 44.2 Å². The van der Waals surface area contributed by atoms with Crippen LogP contribution in [-0.2, 0) is 0 Å². The van der Waals surface area contributed by atoms with Gasteiger partial charge in [-0.1, -0.05) is 0 Å². The highest BCUT2D eigenvalue weighted by molar-refractivity contribution is 5.73. The van der Waals surface area contributed by atoms with Crippen LogP contribution in [-0.4, -0.2) is 60.4 Å². The fraction of sp³-hybridized carbons (Fsp3) is 0.269. The van der Waals surface area contributed by atoms with Crippen molar-refractivity contribution in [1.82, 2.24) is 9.88 Å². The van der Waals surface area contributed by atoms with Crippen LogP contribution in [0.2, 0.25) is 0 Å². The van der Waals surface area contributed by atoms with Crippen molar-refractivity contribution in [3.8, 4) is 17.2 Å². The second-order valence-corrected chi connectivity index (χ2v) is 8.47. The number of aromatic amines is 1. The number of nitrogens with one attached hydrogen (secondary N) is 1. The number of ether oxygens (including phenoxy) is 2. The summed E-state index contributed by atoms with van der Waals surface area (Å²) in [4.78, 5) is 18.3. The number of halogens is 1. The van der Waals surface area contributed by atoms with Gasteiger partial charge >= 0.3 is 5.76 Å². The van der Waals surface area contributed by atoms with E-state index < -0.39 is 11.9 Å². The molecule has 0 bridgehead atoms. The fourth-order valence-electron chi connectivity index (χ4n) is 4.11. The molecule has 8 nitrogen and oxygen atoms in total. The van der Waals surface area contributed by atoms with E-state index >= 15 is 0 Å². The number of H-pyrrole nitrogens is 1. The number of aliphatic hydroxyl groups excluding tert-OH is 1. The van der Waals surface area contributed by atoms with Crippen molar-refractivity contribution >= 4 is 16.8 Å². The van der Waals surface area contributed by atoms with Gasteiger partial charge in [0.25, 0.3) is 0 Å². The standard InChI is InChI=1S/C26H26FN3O5/c27-18-1-5-21(6-2-18)34-22-7-3-19(4-8-22)30-13-11-29(12-14-30)16-20(31)17-33-23-9-10-24-25(15-23)35-26(32)28-24/h1-10,15,20,31H,11-14,16-17H2,(H,28,32)/t20-/m0/s1. The number of fused-ring (bicyclic) bond motifs is 1. The quantitative estimate of drug-likeness (QED) is 0.399. The number of hydrogen-bond acceptors (Lipinski definition) is 7. The molecule has 1 aliphatic heterocycles. The number of nitrogens with zero attached hydrogens (tertiary/aromatic N) is 2. The Morgan fingerprint density at radius 2 is 1.60 bits per heavy atom. The molecule has 2 heterocycles. The second-order valence-electron chi connectivity index (χ2n) is 8.47. The molecule has 9 heteroatoms. The lowest BCUT2D eigenvalue weighted by Crippen LogP contribution is -2.49. The summed E-state index contributed by atoms with van der Waals surface area (Å²) in [7, 11) is 0. The first-order chi connectivity index (χ1) is 17.0. The summed E-state index contributed by atoms with van der Waals surface area (Å²) in [5.41, 5.74) is 2.13. The van der Waals surface area contributed by atoms with E-state index in [0.717, 1.165) is 31.9 Å². The number of benzene rings is 3. The van der Waals surface area contributed by atoms with Crippen molar-refractivity contribution in [3.05, 3.63) is 83.1 Å². The van der Waals surface area contributed by atoms with E-state index in [1.807, 2.05) is 24.3 Å². The number of aliphatic hydroxyl groups is 1. The summed E-state index contributed by atoms with van der Waals surface area (Å²) in [6.45, 7) is 4.00. The predicted octanol–water partition coefficient (Wildman–Crippen LogP) is 3.61. The zero-order valence-corrected chi connectivity index (χ0v) is 19.0. The smallest absolute Gasteiger partial charge is 0.417 e. The van der Waals surface area contributed by atoms with Gasteiger partial charge in [0.1, 0.15) is 35.8 Å². The van der Waals surface area contributed by atoms with E-state index in [0.29, 0.717) is 34.9 Å². The van der Waals surface area contributed by atoms with E-state index in [4.69, 9.17) is 13.9 Å². The maximum Gasteiger partial charge on any atom is 0.417 e. The average Bonchev–Trinajstić information content (AvgIpc) is 3.24. The Morgan fingerprint density at radius 3 is 2.31 bits per heavy atom. The van der Waals surface area contributed by atoms with Gasteiger partial charge in [-0.3, -0.25) is 9.88 Å². The number of aromatic nitrogens is 1. The van der Waals surface area contributed by atoms with Crippen LogP contribution in [0.15, 0.2) is 75.9 Å². The molecule has 0 saturated carbocycles. The molecule has 35 heavy (non-hydrogen) atoms. The molecule has 1 saturated heterocycles. The van der Waals surface area contributed by atoms with Crippen LogP contribution in [0.1, 0.15) is 0 Å². The Balaban J connectivity index is 1.07. The number of piperazine rings is 1. The summed E-state index contributed by atoms with van der Waals surface area (Å²) in [5, 5.41) is 10.4. The highest BCUT2D eigenvalue weighted by Gasteiger charge is 2.20. The molecule has 3 aromatic carbocycles. The van der Waals surface area contributed by atoms with Crippen LogP contribution in [0, 0.1) is 5.82 Å². The van der Waals surface area contributed by atoms with Gasteiger partial charge in [-0.05, 0) is 60.7 Å². The number of β-amino-alcohol motifs (C(OH)–C–C–N with tert-alkyl or cyclic N) is 1. The number of anilines is 1. The van der Waals surface area contributed by atoms with Crippen LogP contribution < -0.4 is 20.1 Å². The monoisotopic (exact) mass is 479 g/mol. The molecule has 1 atom stereocenters. The molecule has 0 unspecified atom stereocenters. The van der Waals surface area contributed by atoms with E-state index in [9.17, 15) is 14.3 Å². The normalized spacial score (nSPS) is 15.3. The van der Waals surface area contributed by atoms with Gasteiger partial charge in [0, 0.05) is 44.5 Å². The first-order valence-electron chi connectivity index (χ1n) is 11.5. The van der Waals surface area contributed by atoms with Crippen LogP contribution >= 0.6 is 0 Å². The SMILES string of the molecule is O=c1[nH]c2ccc(OC[C@@H](O)CN3CCN(c4ccc(Oc5ccc(F)cc5)cc4)CC3)cc2o1. The van der Waals surface area contributed by atoms with E-state index in [1.54, 1.807) is 30.3 Å². The van der Waals surface area contributed by atoms with E-state index in [-0.39, 0.29) is 12.4 Å². The Labute approximate surface area is 201 Å². The van der Waals surface area contributed by atoms with Gasteiger partial charge in [-0.2, -0.15) is 0 Å². The topological polar surface area (TPSA) is 91.2 Å². The minimum atomic E-state index is -0.640. The molecule has 5 rings (SSSR count). The summed E-state index contributed by atoms with van der Waals surface area (Å²) in [6.07, 6.45) is -0.640. The largest absolute Gasteiger partial charge is 0.491 e. The zero-order chi connectivity index (χ0) is 24.2. The highest BCUT2D eigenvalue weighted by atomic mass is 19.1. The molecule has 1 aliphatic rings. The van der Waals surface area contributed by atoms with Gasteiger partial charge in [0.15, 0.2) is 5.58 Å². The second kappa shape index (κ2) is 10.2. The number of oxazole rings is 1. The molecule has 0 aliphatic carbocycles. The minimum absolute atomic E-state index is 0.149. The number of rotatable bonds is 8. The summed E-state index contributed by atoms with van der Waals surface area (Å²) in [5.74, 6) is 1.02. The third kappa shape index (κ3) is 5.82. The molecule has 4 aromatic rings. The zero-order valence-electron chi connectivity index (χ0n) is 19.0. The molecule has 0 radical (unpaired) electrons. The maximum absolute atomic E-state index is 13.0. The summed E-state index contributed by atoms with van der Waals surface area (Å²) < 4.78 is 29.5. The lowest BCUT2D eigenvalue weighted by Gasteiger charge is -2.36. The minimum Gasteiger partial charge on any atom is -0.491 e. The third-order valence-electron chi connectivity index (χ3n) is 5.93. The molecule has 1 aromatic heterocycles. The summed E-state index contributed by atoms with van der Waals surface area (Å²) in [6, 6.07) is 18.9. The van der Waals surface area contributed by atoms with Crippen molar-refractivity contribution in [3.63, 3.8) is 0 Å². The summed E-state index contributed by atoms with van der Waals surface area (Å²) >= 11 is 0. The first-order valence-corrected chi connectivity index (χ1v) is 11.5. The van der Waals surface area contributed by atoms with Gasteiger partial charge in [-0.25, -0.2) is 9.18 Å². The van der Waals surface area contributed by atoms with Gasteiger partial charge in [0.05, 0.1) is 5.52 Å².